The number of hydrogen-bond donors (Lipinski definition) is 2. The maximum Gasteiger partial charge on any atom is 0.257 e. The van der Waals surface area contributed by atoms with E-state index in [9.17, 15) is 18.0 Å². The molecule has 0 aromatic heterocycles. The van der Waals surface area contributed by atoms with Gasteiger partial charge in [-0.25, -0.2) is 8.42 Å². The number of piperidine rings is 1. The number of benzene rings is 2. The average molecular weight is 422 g/mol. The summed E-state index contributed by atoms with van der Waals surface area (Å²) in [6.07, 6.45) is 2.60. The first-order valence-electron chi connectivity index (χ1n) is 8.80. The van der Waals surface area contributed by atoms with E-state index in [1.165, 1.54) is 34.6 Å². The van der Waals surface area contributed by atoms with Crippen LogP contribution in [0.3, 0.4) is 0 Å². The zero-order valence-corrected chi connectivity index (χ0v) is 16.6. The van der Waals surface area contributed by atoms with Gasteiger partial charge in [0.15, 0.2) is 0 Å². The molecule has 2 amide bonds. The zero-order valence-electron chi connectivity index (χ0n) is 15.0. The van der Waals surface area contributed by atoms with Gasteiger partial charge >= 0.3 is 0 Å². The molecular weight excluding hydrogens is 402 g/mol. The Hall–Kier alpha value is -2.42. The summed E-state index contributed by atoms with van der Waals surface area (Å²) < 4.78 is 27.4. The van der Waals surface area contributed by atoms with Crippen molar-refractivity contribution in [1.29, 1.82) is 0 Å². The summed E-state index contributed by atoms with van der Waals surface area (Å²) in [5.41, 5.74) is 5.71. The Morgan fingerprint density at radius 2 is 1.68 bits per heavy atom. The van der Waals surface area contributed by atoms with E-state index < -0.39 is 21.8 Å². The smallest absolute Gasteiger partial charge is 0.257 e. The molecule has 1 saturated heterocycles. The van der Waals surface area contributed by atoms with Gasteiger partial charge in [-0.3, -0.25) is 9.59 Å². The molecule has 0 bridgehead atoms. The summed E-state index contributed by atoms with van der Waals surface area (Å²) >= 11 is 6.00. The highest BCUT2D eigenvalue weighted by Gasteiger charge is 2.29. The summed E-state index contributed by atoms with van der Waals surface area (Å²) in [6, 6.07) is 10.4. The summed E-state index contributed by atoms with van der Waals surface area (Å²) in [7, 11) is -3.77. The Morgan fingerprint density at radius 1 is 1.00 bits per heavy atom. The highest BCUT2D eigenvalue weighted by molar-refractivity contribution is 7.89. The molecule has 1 aliphatic rings. The number of hydrogen-bond acceptors (Lipinski definition) is 4. The molecule has 1 heterocycles. The fourth-order valence-corrected chi connectivity index (χ4v) is 5.09. The van der Waals surface area contributed by atoms with Crippen LogP contribution in [0.25, 0.3) is 0 Å². The predicted octanol–water partition coefficient (Wildman–Crippen LogP) is 2.87. The number of amides is 2. The molecule has 1 aliphatic heterocycles. The van der Waals surface area contributed by atoms with E-state index in [0.717, 1.165) is 19.3 Å². The number of halogens is 1. The third-order valence-electron chi connectivity index (χ3n) is 4.56. The number of nitrogens with two attached hydrogens (primary N) is 1. The van der Waals surface area contributed by atoms with Gasteiger partial charge in [0.1, 0.15) is 0 Å². The summed E-state index contributed by atoms with van der Waals surface area (Å²) in [6.45, 7) is 0.894. The van der Waals surface area contributed by atoms with Gasteiger partial charge in [-0.15, -0.1) is 0 Å². The molecule has 0 atom stereocenters. The van der Waals surface area contributed by atoms with E-state index in [1.54, 1.807) is 12.1 Å². The quantitative estimate of drug-likeness (QED) is 0.773. The van der Waals surface area contributed by atoms with Gasteiger partial charge in [-0.1, -0.05) is 30.2 Å². The molecule has 0 saturated carbocycles. The largest absolute Gasteiger partial charge is 0.366 e. The van der Waals surface area contributed by atoms with Crippen molar-refractivity contribution in [3.63, 3.8) is 0 Å². The molecule has 2 aromatic carbocycles. The minimum Gasteiger partial charge on any atom is -0.366 e. The molecule has 0 spiro atoms. The maximum atomic E-state index is 13.0. The van der Waals surface area contributed by atoms with Crippen molar-refractivity contribution in [2.45, 2.75) is 24.2 Å². The third-order valence-corrected chi connectivity index (χ3v) is 6.83. The van der Waals surface area contributed by atoms with Gasteiger partial charge in [-0.05, 0) is 43.2 Å². The van der Waals surface area contributed by atoms with Gasteiger partial charge in [0, 0.05) is 18.8 Å². The van der Waals surface area contributed by atoms with Crippen LogP contribution in [0.1, 0.15) is 40.0 Å². The van der Waals surface area contributed by atoms with E-state index in [4.69, 9.17) is 17.3 Å². The lowest BCUT2D eigenvalue weighted by molar-refractivity contribution is 0.0998. The van der Waals surface area contributed by atoms with E-state index in [0.29, 0.717) is 18.8 Å². The number of nitrogens with one attached hydrogen (secondary N) is 1. The van der Waals surface area contributed by atoms with Crippen molar-refractivity contribution in [3.05, 3.63) is 58.6 Å². The second-order valence-corrected chi connectivity index (χ2v) is 8.79. The van der Waals surface area contributed by atoms with E-state index >= 15 is 0 Å². The van der Waals surface area contributed by atoms with Crippen molar-refractivity contribution in [3.8, 4) is 0 Å². The fraction of sp³-hybridized carbons (Fsp3) is 0.263. The molecule has 0 aliphatic carbocycles. The zero-order chi connectivity index (χ0) is 20.3. The fourth-order valence-electron chi connectivity index (χ4n) is 3.11. The number of primary amides is 1. The molecule has 0 radical (unpaired) electrons. The summed E-state index contributed by atoms with van der Waals surface area (Å²) in [5.74, 6) is -1.26. The molecule has 2 aromatic rings. The van der Waals surface area contributed by atoms with E-state index in [-0.39, 0.29) is 21.0 Å². The summed E-state index contributed by atoms with van der Waals surface area (Å²) in [4.78, 5) is 24.0. The Balaban J connectivity index is 1.89. The second-order valence-electron chi connectivity index (χ2n) is 6.47. The highest BCUT2D eigenvalue weighted by atomic mass is 35.5. The first-order chi connectivity index (χ1) is 13.3. The van der Waals surface area contributed by atoms with Crippen molar-refractivity contribution in [2.24, 2.45) is 5.73 Å². The number of carbonyl (C=O) groups excluding carboxylic acids is 2. The minimum absolute atomic E-state index is 0.0331. The van der Waals surface area contributed by atoms with Crippen LogP contribution in [0.4, 0.5) is 5.69 Å². The molecule has 148 valence electrons. The van der Waals surface area contributed by atoms with Gasteiger partial charge in [0.05, 0.1) is 21.0 Å². The molecular formula is C19H20ClN3O4S. The van der Waals surface area contributed by atoms with Crippen molar-refractivity contribution in [1.82, 2.24) is 4.31 Å². The van der Waals surface area contributed by atoms with Crippen molar-refractivity contribution >= 4 is 39.1 Å². The standard InChI is InChI=1S/C19H20ClN3O4S/c20-16-12-13(8-9-14(16)18(21)24)22-19(25)15-6-2-3-7-17(15)28(26,27)23-10-4-1-5-11-23/h2-3,6-9,12H,1,4-5,10-11H2,(H2,21,24)(H,22,25). The molecule has 1 fully saturated rings. The first-order valence-corrected chi connectivity index (χ1v) is 10.6. The lowest BCUT2D eigenvalue weighted by Crippen LogP contribution is -2.36. The third kappa shape index (κ3) is 4.19. The predicted molar refractivity (Wildman–Crippen MR) is 107 cm³/mol. The number of anilines is 1. The molecule has 3 N–H and O–H groups in total. The van der Waals surface area contributed by atoms with Crippen LogP contribution in [0.15, 0.2) is 47.4 Å². The SMILES string of the molecule is NC(=O)c1ccc(NC(=O)c2ccccc2S(=O)(=O)N2CCCCC2)cc1Cl. The van der Waals surface area contributed by atoms with Gasteiger partial charge in [0.2, 0.25) is 15.9 Å². The Bertz CT molecular complexity index is 1020. The van der Waals surface area contributed by atoms with Crippen LogP contribution in [0.5, 0.6) is 0 Å². The van der Waals surface area contributed by atoms with Gasteiger partial charge in [-0.2, -0.15) is 4.31 Å². The van der Waals surface area contributed by atoms with Crippen LogP contribution >= 0.6 is 11.6 Å². The van der Waals surface area contributed by atoms with Crippen LogP contribution in [-0.2, 0) is 10.0 Å². The number of nitrogens with zero attached hydrogens (tertiary/aromatic N) is 1. The Morgan fingerprint density at radius 3 is 2.32 bits per heavy atom. The van der Waals surface area contributed by atoms with E-state index in [1.807, 2.05) is 0 Å². The second kappa shape index (κ2) is 8.30. The monoisotopic (exact) mass is 421 g/mol. The number of sulfonamides is 1. The van der Waals surface area contributed by atoms with Crippen molar-refractivity contribution in [2.75, 3.05) is 18.4 Å². The molecule has 3 rings (SSSR count). The number of carbonyl (C=O) groups is 2. The summed E-state index contributed by atoms with van der Waals surface area (Å²) in [5, 5.41) is 2.72. The highest BCUT2D eigenvalue weighted by Crippen LogP contribution is 2.25. The lowest BCUT2D eigenvalue weighted by Gasteiger charge is -2.26. The topological polar surface area (TPSA) is 110 Å². The molecule has 28 heavy (non-hydrogen) atoms. The van der Waals surface area contributed by atoms with Crippen LogP contribution < -0.4 is 11.1 Å². The molecule has 9 heteroatoms. The lowest BCUT2D eigenvalue weighted by atomic mass is 10.1. The molecule has 0 unspecified atom stereocenters. The Labute approximate surface area is 168 Å². The average Bonchev–Trinajstić information content (AvgIpc) is 2.68. The minimum atomic E-state index is -3.77. The normalized spacial score (nSPS) is 15.2. The van der Waals surface area contributed by atoms with Gasteiger partial charge in [0.25, 0.3) is 5.91 Å². The van der Waals surface area contributed by atoms with Crippen LogP contribution in [0, 0.1) is 0 Å². The van der Waals surface area contributed by atoms with Crippen LogP contribution in [0.2, 0.25) is 5.02 Å². The Kier molecular flexibility index (Phi) is 6.02. The molecule has 7 nitrogen and oxygen atoms in total. The maximum absolute atomic E-state index is 13.0. The van der Waals surface area contributed by atoms with Crippen molar-refractivity contribution < 1.29 is 18.0 Å². The van der Waals surface area contributed by atoms with Gasteiger partial charge < -0.3 is 11.1 Å². The van der Waals surface area contributed by atoms with Crippen LogP contribution in [-0.4, -0.2) is 37.6 Å². The first kappa shape index (κ1) is 20.3. The van der Waals surface area contributed by atoms with E-state index in [2.05, 4.69) is 5.32 Å². The number of rotatable bonds is 5.